The Labute approximate surface area is 105 Å². The van der Waals surface area contributed by atoms with E-state index in [1.807, 2.05) is 13.8 Å². The molecule has 0 amide bonds. The van der Waals surface area contributed by atoms with Gasteiger partial charge in [-0.25, -0.2) is 13.1 Å². The van der Waals surface area contributed by atoms with Crippen molar-refractivity contribution in [3.05, 3.63) is 0 Å². The van der Waals surface area contributed by atoms with Gasteiger partial charge in [0.25, 0.3) is 0 Å². The zero-order chi connectivity index (χ0) is 13.1. The second-order valence-corrected chi connectivity index (χ2v) is 5.97. The molecule has 1 atom stereocenters. The molecule has 0 heterocycles. The van der Waals surface area contributed by atoms with Crippen molar-refractivity contribution < 1.29 is 13.2 Å². The Hall–Kier alpha value is -0.170. The molecule has 0 aromatic rings. The molecule has 17 heavy (non-hydrogen) atoms. The molecule has 0 aromatic carbocycles. The van der Waals surface area contributed by atoms with E-state index in [4.69, 9.17) is 4.74 Å². The quantitative estimate of drug-likeness (QED) is 0.541. The topological polar surface area (TPSA) is 67.4 Å². The summed E-state index contributed by atoms with van der Waals surface area (Å²) in [7, 11) is -3.17. The van der Waals surface area contributed by atoms with Crippen LogP contribution in [-0.4, -0.2) is 46.5 Å². The van der Waals surface area contributed by atoms with Crippen LogP contribution in [-0.2, 0) is 14.8 Å². The monoisotopic (exact) mass is 266 g/mol. The lowest BCUT2D eigenvalue weighted by molar-refractivity contribution is 0.133. The first kappa shape index (κ1) is 16.8. The molecule has 0 fully saturated rings. The molecular weight excluding hydrogens is 240 g/mol. The smallest absolute Gasteiger partial charge is 0.211 e. The lowest BCUT2D eigenvalue weighted by Gasteiger charge is -2.14. The van der Waals surface area contributed by atoms with Gasteiger partial charge in [-0.15, -0.1) is 0 Å². The highest BCUT2D eigenvalue weighted by Gasteiger charge is 2.13. The number of rotatable bonds is 11. The standard InChI is InChI=1S/C11H26N2O3S/c1-4-7-12-8-6-9-17(14,15)13-11(3)10-16-5-2/h11-13H,4-10H2,1-3H3. The predicted molar refractivity (Wildman–Crippen MR) is 70.7 cm³/mol. The van der Waals surface area contributed by atoms with Gasteiger partial charge in [-0.2, -0.15) is 0 Å². The van der Waals surface area contributed by atoms with Crippen molar-refractivity contribution in [2.75, 3.05) is 32.1 Å². The predicted octanol–water partition coefficient (Wildman–Crippen LogP) is 0.721. The highest BCUT2D eigenvalue weighted by atomic mass is 32.2. The van der Waals surface area contributed by atoms with Gasteiger partial charge in [-0.05, 0) is 39.8 Å². The van der Waals surface area contributed by atoms with E-state index in [2.05, 4.69) is 17.0 Å². The number of ether oxygens (including phenoxy) is 1. The van der Waals surface area contributed by atoms with Crippen molar-refractivity contribution in [1.82, 2.24) is 10.0 Å². The zero-order valence-corrected chi connectivity index (χ0v) is 12.0. The summed E-state index contributed by atoms with van der Waals surface area (Å²) in [5, 5.41) is 3.18. The third-order valence-corrected chi connectivity index (χ3v) is 3.73. The van der Waals surface area contributed by atoms with Crippen molar-refractivity contribution >= 4 is 10.0 Å². The molecule has 0 aliphatic heterocycles. The van der Waals surface area contributed by atoms with Crippen LogP contribution >= 0.6 is 0 Å². The van der Waals surface area contributed by atoms with Gasteiger partial charge >= 0.3 is 0 Å². The normalized spacial score (nSPS) is 13.8. The van der Waals surface area contributed by atoms with Crippen LogP contribution in [0.2, 0.25) is 0 Å². The highest BCUT2D eigenvalue weighted by Crippen LogP contribution is 1.93. The summed E-state index contributed by atoms with van der Waals surface area (Å²) in [6, 6.07) is -0.163. The molecule has 2 N–H and O–H groups in total. The molecule has 0 radical (unpaired) electrons. The van der Waals surface area contributed by atoms with E-state index in [1.165, 1.54) is 0 Å². The van der Waals surface area contributed by atoms with Gasteiger partial charge in [0.15, 0.2) is 0 Å². The largest absolute Gasteiger partial charge is 0.380 e. The van der Waals surface area contributed by atoms with Gasteiger partial charge in [0.1, 0.15) is 0 Å². The summed E-state index contributed by atoms with van der Waals surface area (Å²) in [6.07, 6.45) is 1.70. The molecule has 0 saturated carbocycles. The van der Waals surface area contributed by atoms with E-state index in [9.17, 15) is 8.42 Å². The summed E-state index contributed by atoms with van der Waals surface area (Å²) >= 11 is 0. The molecule has 0 aliphatic rings. The van der Waals surface area contributed by atoms with E-state index in [1.54, 1.807) is 0 Å². The fraction of sp³-hybridized carbons (Fsp3) is 1.00. The first-order valence-corrected chi connectivity index (χ1v) is 7.95. The van der Waals surface area contributed by atoms with E-state index in [0.29, 0.717) is 19.6 Å². The second-order valence-electron chi connectivity index (χ2n) is 4.10. The first-order chi connectivity index (χ1) is 8.02. The van der Waals surface area contributed by atoms with E-state index < -0.39 is 10.0 Å². The fourth-order valence-corrected chi connectivity index (χ4v) is 2.71. The molecular formula is C11H26N2O3S. The Morgan fingerprint density at radius 2 is 1.94 bits per heavy atom. The van der Waals surface area contributed by atoms with Crippen LogP contribution in [0, 0.1) is 0 Å². The lowest BCUT2D eigenvalue weighted by atomic mass is 10.4. The third-order valence-electron chi connectivity index (χ3n) is 2.15. The number of hydrogen-bond donors (Lipinski definition) is 2. The van der Waals surface area contributed by atoms with Gasteiger partial charge in [-0.1, -0.05) is 6.92 Å². The molecule has 104 valence electrons. The Morgan fingerprint density at radius 1 is 1.24 bits per heavy atom. The number of sulfonamides is 1. The van der Waals surface area contributed by atoms with Crippen LogP contribution in [0.3, 0.4) is 0 Å². The second kappa shape index (κ2) is 9.82. The van der Waals surface area contributed by atoms with Gasteiger partial charge in [0.2, 0.25) is 10.0 Å². The summed E-state index contributed by atoms with van der Waals surface area (Å²) in [5.74, 6) is 0.167. The Kier molecular flexibility index (Phi) is 9.72. The average Bonchev–Trinajstić information content (AvgIpc) is 2.25. The SMILES string of the molecule is CCCNCCCS(=O)(=O)NC(C)COCC. The van der Waals surface area contributed by atoms with Crippen LogP contribution < -0.4 is 10.0 Å². The Morgan fingerprint density at radius 3 is 2.53 bits per heavy atom. The van der Waals surface area contributed by atoms with Crippen LogP contribution in [0.4, 0.5) is 0 Å². The van der Waals surface area contributed by atoms with Gasteiger partial charge < -0.3 is 10.1 Å². The van der Waals surface area contributed by atoms with Gasteiger partial charge in [-0.3, -0.25) is 0 Å². The maximum atomic E-state index is 11.6. The first-order valence-electron chi connectivity index (χ1n) is 6.30. The fourth-order valence-electron chi connectivity index (χ4n) is 1.38. The molecule has 0 bridgehead atoms. The lowest BCUT2D eigenvalue weighted by Crippen LogP contribution is -2.37. The third kappa shape index (κ3) is 10.7. The molecule has 1 unspecified atom stereocenters. The average molecular weight is 266 g/mol. The molecule has 0 spiro atoms. The van der Waals surface area contributed by atoms with Crippen molar-refractivity contribution in [3.8, 4) is 0 Å². The summed E-state index contributed by atoms with van der Waals surface area (Å²) in [4.78, 5) is 0. The maximum Gasteiger partial charge on any atom is 0.211 e. The minimum absolute atomic E-state index is 0.163. The summed E-state index contributed by atoms with van der Waals surface area (Å²) in [6.45, 7) is 8.49. The van der Waals surface area contributed by atoms with Crippen molar-refractivity contribution in [2.45, 2.75) is 39.7 Å². The summed E-state index contributed by atoms with van der Waals surface area (Å²) < 4.78 is 31.0. The minimum Gasteiger partial charge on any atom is -0.380 e. The van der Waals surface area contributed by atoms with E-state index >= 15 is 0 Å². The van der Waals surface area contributed by atoms with Crippen molar-refractivity contribution in [1.29, 1.82) is 0 Å². The minimum atomic E-state index is -3.17. The summed E-state index contributed by atoms with van der Waals surface area (Å²) in [5.41, 5.74) is 0. The Balaban J connectivity index is 3.72. The molecule has 5 nitrogen and oxygen atoms in total. The highest BCUT2D eigenvalue weighted by molar-refractivity contribution is 7.89. The number of hydrogen-bond acceptors (Lipinski definition) is 4. The van der Waals surface area contributed by atoms with Crippen molar-refractivity contribution in [2.24, 2.45) is 0 Å². The van der Waals surface area contributed by atoms with Gasteiger partial charge in [0.05, 0.1) is 12.4 Å². The van der Waals surface area contributed by atoms with E-state index in [-0.39, 0.29) is 11.8 Å². The molecule has 6 heteroatoms. The zero-order valence-electron chi connectivity index (χ0n) is 11.2. The van der Waals surface area contributed by atoms with E-state index in [0.717, 1.165) is 19.5 Å². The molecule has 0 aromatic heterocycles. The Bertz CT molecular complexity index is 268. The molecule has 0 saturated heterocycles. The molecule has 0 aliphatic carbocycles. The van der Waals surface area contributed by atoms with Crippen LogP contribution in [0.15, 0.2) is 0 Å². The maximum absolute atomic E-state index is 11.6. The molecule has 0 rings (SSSR count). The van der Waals surface area contributed by atoms with Crippen molar-refractivity contribution in [3.63, 3.8) is 0 Å². The van der Waals surface area contributed by atoms with Crippen LogP contribution in [0.5, 0.6) is 0 Å². The van der Waals surface area contributed by atoms with Crippen LogP contribution in [0.25, 0.3) is 0 Å². The number of nitrogens with one attached hydrogen (secondary N) is 2. The van der Waals surface area contributed by atoms with Crippen LogP contribution in [0.1, 0.15) is 33.6 Å². The van der Waals surface area contributed by atoms with Gasteiger partial charge in [0, 0.05) is 12.6 Å².